The minimum Gasteiger partial charge on any atom is -0.508 e. The van der Waals surface area contributed by atoms with Crippen molar-refractivity contribution < 1.29 is 5.11 Å². The van der Waals surface area contributed by atoms with Crippen LogP contribution in [0.5, 0.6) is 5.75 Å². The van der Waals surface area contributed by atoms with Gasteiger partial charge in [-0.1, -0.05) is 0 Å². The number of phenols is 1. The number of hydrogen-bond acceptors (Lipinski definition) is 4. The third kappa shape index (κ3) is 1.38. The first-order valence-corrected chi connectivity index (χ1v) is 4.78. The first-order valence-electron chi connectivity index (χ1n) is 4.78. The SMILES string of the molecule is Oc1ccc(-c2cc3cnncn3n2)cc1. The average molecular weight is 212 g/mol. The Bertz CT molecular complexity index is 597. The first-order chi connectivity index (χ1) is 7.83. The second-order valence-corrected chi connectivity index (χ2v) is 3.42. The van der Waals surface area contributed by atoms with Crippen molar-refractivity contribution in [2.45, 2.75) is 0 Å². The molecule has 2 aromatic heterocycles. The molecule has 0 amide bonds. The molecule has 0 aliphatic carbocycles. The van der Waals surface area contributed by atoms with Gasteiger partial charge in [0.2, 0.25) is 0 Å². The number of fused-ring (bicyclic) bond motifs is 1. The largest absolute Gasteiger partial charge is 0.508 e. The van der Waals surface area contributed by atoms with Gasteiger partial charge in [0.1, 0.15) is 12.1 Å². The Morgan fingerprint density at radius 1 is 1.06 bits per heavy atom. The molecule has 5 heteroatoms. The Kier molecular flexibility index (Phi) is 1.83. The van der Waals surface area contributed by atoms with E-state index in [1.807, 2.05) is 18.2 Å². The van der Waals surface area contributed by atoms with Gasteiger partial charge in [-0.25, -0.2) is 4.52 Å². The number of rotatable bonds is 1. The maximum Gasteiger partial charge on any atom is 0.140 e. The Morgan fingerprint density at radius 2 is 1.88 bits per heavy atom. The molecule has 0 saturated heterocycles. The van der Waals surface area contributed by atoms with E-state index in [0.717, 1.165) is 16.8 Å². The van der Waals surface area contributed by atoms with E-state index in [9.17, 15) is 5.11 Å². The molecule has 3 rings (SSSR count). The zero-order valence-corrected chi connectivity index (χ0v) is 8.28. The molecule has 0 radical (unpaired) electrons. The molecule has 1 N–H and O–H groups in total. The number of hydrogen-bond donors (Lipinski definition) is 1. The van der Waals surface area contributed by atoms with Gasteiger partial charge >= 0.3 is 0 Å². The minimum atomic E-state index is 0.246. The molecule has 0 unspecified atom stereocenters. The van der Waals surface area contributed by atoms with E-state index in [2.05, 4.69) is 15.3 Å². The summed E-state index contributed by atoms with van der Waals surface area (Å²) < 4.78 is 1.66. The minimum absolute atomic E-state index is 0.246. The Morgan fingerprint density at radius 3 is 2.62 bits per heavy atom. The summed E-state index contributed by atoms with van der Waals surface area (Å²) >= 11 is 0. The highest BCUT2D eigenvalue weighted by Crippen LogP contribution is 2.21. The molecular formula is C11H8N4O. The monoisotopic (exact) mass is 212 g/mol. The fourth-order valence-electron chi connectivity index (χ4n) is 1.54. The molecule has 5 nitrogen and oxygen atoms in total. The standard InChI is InChI=1S/C11H8N4O/c16-10-3-1-8(2-4-10)11-5-9-6-12-13-7-15(9)14-11/h1-7,16H. The lowest BCUT2D eigenvalue weighted by Crippen LogP contribution is -1.89. The third-order valence-corrected chi connectivity index (χ3v) is 2.35. The van der Waals surface area contributed by atoms with Gasteiger partial charge in [0.15, 0.2) is 0 Å². The van der Waals surface area contributed by atoms with Crippen LogP contribution in [-0.2, 0) is 0 Å². The van der Waals surface area contributed by atoms with Crippen molar-refractivity contribution in [1.29, 1.82) is 0 Å². The van der Waals surface area contributed by atoms with Gasteiger partial charge in [0.05, 0.1) is 17.4 Å². The van der Waals surface area contributed by atoms with Crippen molar-refractivity contribution in [3.05, 3.63) is 42.9 Å². The number of benzene rings is 1. The molecule has 0 fully saturated rings. The van der Waals surface area contributed by atoms with E-state index >= 15 is 0 Å². The van der Waals surface area contributed by atoms with Gasteiger partial charge in [-0.05, 0) is 30.3 Å². The van der Waals surface area contributed by atoms with Gasteiger partial charge in [-0.15, -0.1) is 5.10 Å². The Balaban J connectivity index is 2.15. The topological polar surface area (TPSA) is 63.3 Å². The molecule has 0 bridgehead atoms. The van der Waals surface area contributed by atoms with E-state index in [1.165, 1.54) is 0 Å². The number of aromatic hydroxyl groups is 1. The van der Waals surface area contributed by atoms with Crippen molar-refractivity contribution >= 4 is 5.52 Å². The molecule has 0 saturated carbocycles. The Hall–Kier alpha value is -2.43. The zero-order chi connectivity index (χ0) is 11.0. The van der Waals surface area contributed by atoms with Gasteiger partial charge in [0, 0.05) is 5.56 Å². The van der Waals surface area contributed by atoms with Crippen LogP contribution in [0.4, 0.5) is 0 Å². The quantitative estimate of drug-likeness (QED) is 0.663. The molecule has 3 aromatic rings. The highest BCUT2D eigenvalue weighted by molar-refractivity contribution is 5.65. The molecule has 0 aliphatic heterocycles. The van der Waals surface area contributed by atoms with Gasteiger partial charge in [0.25, 0.3) is 0 Å². The van der Waals surface area contributed by atoms with Gasteiger partial charge < -0.3 is 5.11 Å². The van der Waals surface area contributed by atoms with Crippen LogP contribution in [0.1, 0.15) is 0 Å². The summed E-state index contributed by atoms with van der Waals surface area (Å²) in [4.78, 5) is 0. The van der Waals surface area contributed by atoms with Crippen LogP contribution in [0.2, 0.25) is 0 Å². The molecule has 0 atom stereocenters. The third-order valence-electron chi connectivity index (χ3n) is 2.35. The molecule has 0 spiro atoms. The second-order valence-electron chi connectivity index (χ2n) is 3.42. The summed E-state index contributed by atoms with van der Waals surface area (Å²) in [5.74, 6) is 0.246. The predicted octanol–water partition coefficient (Wildman–Crippen LogP) is 1.50. The van der Waals surface area contributed by atoms with Crippen LogP contribution >= 0.6 is 0 Å². The zero-order valence-electron chi connectivity index (χ0n) is 8.28. The fraction of sp³-hybridized carbons (Fsp3) is 0. The van der Waals surface area contributed by atoms with Crippen LogP contribution in [-0.4, -0.2) is 24.9 Å². The van der Waals surface area contributed by atoms with E-state index in [0.29, 0.717) is 0 Å². The summed E-state index contributed by atoms with van der Waals surface area (Å²) in [6.45, 7) is 0. The van der Waals surface area contributed by atoms with Crippen LogP contribution < -0.4 is 0 Å². The lowest BCUT2D eigenvalue weighted by molar-refractivity contribution is 0.475. The van der Waals surface area contributed by atoms with Gasteiger partial charge in [-0.2, -0.15) is 10.2 Å². The predicted molar refractivity (Wildman–Crippen MR) is 57.9 cm³/mol. The van der Waals surface area contributed by atoms with Crippen molar-refractivity contribution in [2.75, 3.05) is 0 Å². The summed E-state index contributed by atoms with van der Waals surface area (Å²) in [5, 5.41) is 21.1. The number of aromatic nitrogens is 4. The molecule has 2 heterocycles. The molecule has 78 valence electrons. The first kappa shape index (κ1) is 8.84. The smallest absolute Gasteiger partial charge is 0.140 e. The van der Waals surface area contributed by atoms with Crippen LogP contribution in [0.15, 0.2) is 42.9 Å². The lowest BCUT2D eigenvalue weighted by atomic mass is 10.1. The summed E-state index contributed by atoms with van der Waals surface area (Å²) in [7, 11) is 0. The normalized spacial score (nSPS) is 10.8. The van der Waals surface area contributed by atoms with Crippen molar-refractivity contribution in [1.82, 2.24) is 19.8 Å². The van der Waals surface area contributed by atoms with E-state index in [4.69, 9.17) is 0 Å². The average Bonchev–Trinajstić information content (AvgIpc) is 2.73. The maximum absolute atomic E-state index is 9.20. The van der Waals surface area contributed by atoms with Crippen molar-refractivity contribution in [2.24, 2.45) is 0 Å². The number of nitrogens with zero attached hydrogens (tertiary/aromatic N) is 4. The molecule has 0 aliphatic rings. The number of phenolic OH excluding ortho intramolecular Hbond substituents is 1. The lowest BCUT2D eigenvalue weighted by Gasteiger charge is -1.95. The van der Waals surface area contributed by atoms with Crippen LogP contribution in [0.25, 0.3) is 16.8 Å². The molecule has 16 heavy (non-hydrogen) atoms. The van der Waals surface area contributed by atoms with Crippen LogP contribution in [0.3, 0.4) is 0 Å². The van der Waals surface area contributed by atoms with Crippen LogP contribution in [0, 0.1) is 0 Å². The van der Waals surface area contributed by atoms with E-state index in [-0.39, 0.29) is 5.75 Å². The highest BCUT2D eigenvalue weighted by atomic mass is 16.3. The summed E-state index contributed by atoms with van der Waals surface area (Å²) in [6.07, 6.45) is 3.20. The summed E-state index contributed by atoms with van der Waals surface area (Å²) in [5.41, 5.74) is 2.66. The maximum atomic E-state index is 9.20. The van der Waals surface area contributed by atoms with E-state index in [1.54, 1.807) is 29.2 Å². The Labute approximate surface area is 91.0 Å². The van der Waals surface area contributed by atoms with Crippen molar-refractivity contribution in [3.63, 3.8) is 0 Å². The molecule has 1 aromatic carbocycles. The highest BCUT2D eigenvalue weighted by Gasteiger charge is 2.04. The summed E-state index contributed by atoms with van der Waals surface area (Å²) in [6, 6.07) is 8.82. The van der Waals surface area contributed by atoms with Gasteiger partial charge in [-0.3, -0.25) is 0 Å². The van der Waals surface area contributed by atoms with E-state index < -0.39 is 0 Å². The van der Waals surface area contributed by atoms with Crippen molar-refractivity contribution in [3.8, 4) is 17.0 Å². The second kappa shape index (κ2) is 3.30. The fourth-order valence-corrected chi connectivity index (χ4v) is 1.54. The molecular weight excluding hydrogens is 204 g/mol.